The van der Waals surface area contributed by atoms with E-state index in [1.54, 1.807) is 36.4 Å². The lowest BCUT2D eigenvalue weighted by molar-refractivity contribution is 0.0697. The Morgan fingerprint density at radius 3 is 2.42 bits per heavy atom. The monoisotopic (exact) mass is 388 g/mol. The molecule has 2 aromatic carbocycles. The average molecular weight is 389 g/mol. The summed E-state index contributed by atoms with van der Waals surface area (Å²) in [5, 5.41) is 16.2. The first kappa shape index (κ1) is 18.0. The number of benzene rings is 2. The smallest absolute Gasteiger partial charge is 0.335 e. The van der Waals surface area contributed by atoms with Gasteiger partial charge in [-0.2, -0.15) is 4.98 Å². The molecule has 0 unspecified atom stereocenters. The summed E-state index contributed by atoms with van der Waals surface area (Å²) in [6.45, 7) is 1.84. The van der Waals surface area contributed by atoms with Gasteiger partial charge in [0.05, 0.1) is 16.3 Å². The van der Waals surface area contributed by atoms with E-state index in [0.717, 1.165) is 5.69 Å². The number of halogens is 2. The molecule has 1 aromatic heterocycles. The number of carbonyl (C=O) groups is 1. The highest BCUT2D eigenvalue weighted by atomic mass is 35.5. The van der Waals surface area contributed by atoms with Crippen molar-refractivity contribution in [2.75, 3.05) is 10.6 Å². The molecule has 8 heteroatoms. The van der Waals surface area contributed by atoms with Crippen molar-refractivity contribution in [3.63, 3.8) is 0 Å². The van der Waals surface area contributed by atoms with Crippen LogP contribution in [0, 0.1) is 6.92 Å². The maximum absolute atomic E-state index is 10.9. The van der Waals surface area contributed by atoms with Gasteiger partial charge in [0.25, 0.3) is 0 Å². The van der Waals surface area contributed by atoms with Crippen molar-refractivity contribution in [3.8, 4) is 0 Å². The van der Waals surface area contributed by atoms with E-state index in [-0.39, 0.29) is 5.56 Å². The Bertz CT molecular complexity index is 962. The Morgan fingerprint density at radius 1 is 1.00 bits per heavy atom. The highest BCUT2D eigenvalue weighted by molar-refractivity contribution is 6.35. The Balaban J connectivity index is 1.83. The van der Waals surface area contributed by atoms with Crippen LogP contribution in [0.5, 0.6) is 0 Å². The first-order valence-electron chi connectivity index (χ1n) is 7.59. The number of nitrogens with zero attached hydrogens (tertiary/aromatic N) is 2. The van der Waals surface area contributed by atoms with Crippen LogP contribution in [0.15, 0.2) is 48.5 Å². The van der Waals surface area contributed by atoms with Crippen molar-refractivity contribution in [1.29, 1.82) is 0 Å². The minimum Gasteiger partial charge on any atom is -0.478 e. The second-order valence-corrected chi connectivity index (χ2v) is 6.32. The maximum Gasteiger partial charge on any atom is 0.335 e. The number of rotatable bonds is 5. The molecule has 0 saturated heterocycles. The number of hydrogen-bond acceptors (Lipinski definition) is 5. The largest absolute Gasteiger partial charge is 0.478 e. The number of aromatic nitrogens is 2. The number of carboxylic acid groups (broad SMARTS) is 1. The summed E-state index contributed by atoms with van der Waals surface area (Å²) in [4.78, 5) is 19.7. The number of hydrogen-bond donors (Lipinski definition) is 3. The Labute approximate surface area is 159 Å². The standard InChI is InChI=1S/C18H14Cl2N4O2/c1-10-8-16(22-13-5-2-11(3-6-13)17(25)26)24-18(21-10)23-15-9-12(19)4-7-14(15)20/h2-9H,1H3,(H,25,26)(H2,21,22,23,24). The van der Waals surface area contributed by atoms with Crippen LogP contribution < -0.4 is 10.6 Å². The molecule has 0 spiro atoms. The zero-order chi connectivity index (χ0) is 18.7. The molecule has 0 amide bonds. The molecular weight excluding hydrogens is 375 g/mol. The van der Waals surface area contributed by atoms with Gasteiger partial charge in [0.15, 0.2) is 0 Å². The van der Waals surface area contributed by atoms with Crippen molar-refractivity contribution >= 4 is 52.3 Å². The van der Waals surface area contributed by atoms with Gasteiger partial charge in [-0.25, -0.2) is 9.78 Å². The molecule has 6 nitrogen and oxygen atoms in total. The molecule has 0 fully saturated rings. The van der Waals surface area contributed by atoms with Crippen LogP contribution in [0.3, 0.4) is 0 Å². The minimum absolute atomic E-state index is 0.215. The fraction of sp³-hybridized carbons (Fsp3) is 0.0556. The molecule has 132 valence electrons. The summed E-state index contributed by atoms with van der Waals surface area (Å²) in [6, 6.07) is 13.2. The summed E-state index contributed by atoms with van der Waals surface area (Å²) in [5.41, 5.74) is 2.26. The zero-order valence-corrected chi connectivity index (χ0v) is 15.1. The first-order chi connectivity index (χ1) is 12.4. The third-order valence-corrected chi connectivity index (χ3v) is 4.00. The van der Waals surface area contributed by atoms with Crippen molar-refractivity contribution in [2.45, 2.75) is 6.92 Å². The molecule has 0 bridgehead atoms. The Hall–Kier alpha value is -2.83. The van der Waals surface area contributed by atoms with Crippen LogP contribution in [0.2, 0.25) is 10.0 Å². The van der Waals surface area contributed by atoms with Gasteiger partial charge < -0.3 is 15.7 Å². The van der Waals surface area contributed by atoms with E-state index in [9.17, 15) is 4.79 Å². The SMILES string of the molecule is Cc1cc(Nc2ccc(C(=O)O)cc2)nc(Nc2cc(Cl)ccc2Cl)n1. The van der Waals surface area contributed by atoms with Crippen LogP contribution in [-0.2, 0) is 0 Å². The van der Waals surface area contributed by atoms with Gasteiger partial charge in [0.2, 0.25) is 5.95 Å². The Morgan fingerprint density at radius 2 is 1.73 bits per heavy atom. The molecule has 1 heterocycles. The fourth-order valence-corrected chi connectivity index (χ4v) is 2.58. The molecule has 3 rings (SSSR count). The molecule has 0 radical (unpaired) electrons. The maximum atomic E-state index is 10.9. The normalized spacial score (nSPS) is 10.4. The fourth-order valence-electron chi connectivity index (χ4n) is 2.25. The predicted octanol–water partition coefficient (Wildman–Crippen LogP) is 5.28. The van der Waals surface area contributed by atoms with Crippen LogP contribution in [-0.4, -0.2) is 21.0 Å². The molecule has 26 heavy (non-hydrogen) atoms. The lowest BCUT2D eigenvalue weighted by Crippen LogP contribution is -2.03. The lowest BCUT2D eigenvalue weighted by atomic mass is 10.2. The van der Waals surface area contributed by atoms with Crippen molar-refractivity contribution in [3.05, 3.63) is 69.8 Å². The predicted molar refractivity (Wildman–Crippen MR) is 103 cm³/mol. The van der Waals surface area contributed by atoms with Crippen molar-refractivity contribution < 1.29 is 9.90 Å². The van der Waals surface area contributed by atoms with E-state index >= 15 is 0 Å². The highest BCUT2D eigenvalue weighted by Gasteiger charge is 2.07. The minimum atomic E-state index is -0.973. The first-order valence-corrected chi connectivity index (χ1v) is 8.34. The third-order valence-electron chi connectivity index (χ3n) is 3.43. The number of aryl methyl sites for hydroxylation is 1. The summed E-state index contributed by atoms with van der Waals surface area (Å²) in [5.74, 6) is -0.0561. The van der Waals surface area contributed by atoms with Crippen LogP contribution in [0.1, 0.15) is 16.1 Å². The van der Waals surface area contributed by atoms with Crippen molar-refractivity contribution in [2.24, 2.45) is 0 Å². The van der Waals surface area contributed by atoms with E-state index in [2.05, 4.69) is 20.6 Å². The summed E-state index contributed by atoms with van der Waals surface area (Å²) < 4.78 is 0. The molecule has 0 aliphatic rings. The highest BCUT2D eigenvalue weighted by Crippen LogP contribution is 2.28. The second-order valence-electron chi connectivity index (χ2n) is 5.47. The lowest BCUT2D eigenvalue weighted by Gasteiger charge is -2.11. The van der Waals surface area contributed by atoms with E-state index < -0.39 is 5.97 Å². The summed E-state index contributed by atoms with van der Waals surface area (Å²) in [7, 11) is 0. The topological polar surface area (TPSA) is 87.1 Å². The van der Waals surface area contributed by atoms with E-state index in [1.807, 2.05) is 6.92 Å². The second kappa shape index (κ2) is 7.59. The Kier molecular flexibility index (Phi) is 5.25. The molecule has 3 aromatic rings. The molecular formula is C18H14Cl2N4O2. The van der Waals surface area contributed by atoms with Gasteiger partial charge in [-0.1, -0.05) is 23.2 Å². The summed E-state index contributed by atoms with van der Waals surface area (Å²) >= 11 is 12.1. The third kappa shape index (κ3) is 4.41. The molecule has 3 N–H and O–H groups in total. The van der Waals surface area contributed by atoms with Gasteiger partial charge >= 0.3 is 5.97 Å². The number of nitrogens with one attached hydrogen (secondary N) is 2. The van der Waals surface area contributed by atoms with Crippen LogP contribution >= 0.6 is 23.2 Å². The van der Waals surface area contributed by atoms with E-state index in [1.165, 1.54) is 12.1 Å². The van der Waals surface area contributed by atoms with Gasteiger partial charge in [-0.05, 0) is 49.4 Å². The number of anilines is 4. The average Bonchev–Trinajstić information content (AvgIpc) is 2.58. The zero-order valence-electron chi connectivity index (χ0n) is 13.6. The van der Waals surface area contributed by atoms with Gasteiger partial charge in [0.1, 0.15) is 5.82 Å². The molecule has 0 saturated carbocycles. The van der Waals surface area contributed by atoms with Gasteiger partial charge in [0, 0.05) is 22.5 Å². The van der Waals surface area contributed by atoms with Crippen LogP contribution in [0.4, 0.5) is 23.1 Å². The van der Waals surface area contributed by atoms with E-state index in [4.69, 9.17) is 28.3 Å². The van der Waals surface area contributed by atoms with Gasteiger partial charge in [-0.15, -0.1) is 0 Å². The summed E-state index contributed by atoms with van der Waals surface area (Å²) in [6.07, 6.45) is 0. The number of aromatic carboxylic acids is 1. The quantitative estimate of drug-likeness (QED) is 0.551. The molecule has 0 aliphatic heterocycles. The van der Waals surface area contributed by atoms with Crippen LogP contribution in [0.25, 0.3) is 0 Å². The molecule has 0 atom stereocenters. The molecule has 0 aliphatic carbocycles. The van der Waals surface area contributed by atoms with Crippen molar-refractivity contribution in [1.82, 2.24) is 9.97 Å². The van der Waals surface area contributed by atoms with E-state index in [0.29, 0.717) is 33.2 Å². The van der Waals surface area contributed by atoms with Gasteiger partial charge in [-0.3, -0.25) is 0 Å². The number of carboxylic acids is 1.